The first-order valence-electron chi connectivity index (χ1n) is 8.04. The van der Waals surface area contributed by atoms with Gasteiger partial charge in [-0.1, -0.05) is 43.9 Å². The van der Waals surface area contributed by atoms with Crippen LogP contribution in [0.25, 0.3) is 0 Å². The third-order valence-electron chi connectivity index (χ3n) is 3.86. The molecule has 1 heterocycles. The summed E-state index contributed by atoms with van der Waals surface area (Å²) in [4.78, 5) is 27.8. The number of benzene rings is 1. The maximum absolute atomic E-state index is 12.7. The van der Waals surface area contributed by atoms with Crippen molar-refractivity contribution >= 4 is 11.8 Å². The number of amides is 2. The van der Waals surface area contributed by atoms with E-state index in [9.17, 15) is 9.59 Å². The molecule has 0 bridgehead atoms. The Hall–Kier alpha value is -2.28. The van der Waals surface area contributed by atoms with Crippen LogP contribution in [-0.2, 0) is 9.59 Å². The van der Waals surface area contributed by atoms with Gasteiger partial charge in [-0.25, -0.2) is 0 Å². The lowest BCUT2D eigenvalue weighted by molar-refractivity contribution is -0.135. The van der Waals surface area contributed by atoms with Crippen molar-refractivity contribution in [3.8, 4) is 11.8 Å². The first-order valence-corrected chi connectivity index (χ1v) is 8.04. The second-order valence-corrected chi connectivity index (χ2v) is 6.46. The van der Waals surface area contributed by atoms with Crippen molar-refractivity contribution in [3.63, 3.8) is 0 Å². The van der Waals surface area contributed by atoms with E-state index >= 15 is 0 Å². The maximum atomic E-state index is 12.7. The van der Waals surface area contributed by atoms with Gasteiger partial charge in [0.05, 0.1) is 12.5 Å². The van der Waals surface area contributed by atoms with Crippen LogP contribution in [0.4, 0.5) is 0 Å². The summed E-state index contributed by atoms with van der Waals surface area (Å²) in [6.07, 6.45) is 0.316. The fourth-order valence-electron chi connectivity index (χ4n) is 2.72. The largest absolute Gasteiger partial charge is 0.345 e. The molecule has 0 aromatic heterocycles. The molecule has 0 unspecified atom stereocenters. The summed E-state index contributed by atoms with van der Waals surface area (Å²) in [6, 6.07) is 9.74. The van der Waals surface area contributed by atoms with Crippen LogP contribution < -0.4 is 0 Å². The summed E-state index contributed by atoms with van der Waals surface area (Å²) < 4.78 is 0. The summed E-state index contributed by atoms with van der Waals surface area (Å²) in [6.45, 7) is 5.74. The van der Waals surface area contributed by atoms with Gasteiger partial charge in [0, 0.05) is 32.1 Å². The van der Waals surface area contributed by atoms with Crippen molar-refractivity contribution in [3.05, 3.63) is 35.9 Å². The van der Waals surface area contributed by atoms with Crippen molar-refractivity contribution in [2.75, 3.05) is 26.7 Å². The summed E-state index contributed by atoms with van der Waals surface area (Å²) in [5, 5.41) is 0. The molecule has 0 saturated carbocycles. The fraction of sp³-hybridized carbons (Fsp3) is 0.474. The minimum absolute atomic E-state index is 0.0405. The average Bonchev–Trinajstić information content (AvgIpc) is 2.86. The molecule has 1 aliphatic rings. The highest BCUT2D eigenvalue weighted by atomic mass is 16.2. The summed E-state index contributed by atoms with van der Waals surface area (Å²) in [5.41, 5.74) is 0.945. The molecular formula is C19H24N2O2. The molecule has 4 heteroatoms. The Morgan fingerprint density at radius 1 is 1.35 bits per heavy atom. The average molecular weight is 312 g/mol. The first-order chi connectivity index (χ1) is 11.0. The van der Waals surface area contributed by atoms with Crippen molar-refractivity contribution in [2.24, 2.45) is 11.8 Å². The topological polar surface area (TPSA) is 40.6 Å². The lowest BCUT2D eigenvalue weighted by Crippen LogP contribution is -2.39. The van der Waals surface area contributed by atoms with Crippen LogP contribution >= 0.6 is 0 Å². The highest BCUT2D eigenvalue weighted by molar-refractivity contribution is 5.89. The zero-order valence-corrected chi connectivity index (χ0v) is 14.1. The Morgan fingerprint density at radius 3 is 2.61 bits per heavy atom. The smallest absolute Gasteiger partial charge is 0.228 e. The van der Waals surface area contributed by atoms with E-state index in [-0.39, 0.29) is 17.7 Å². The molecule has 2 rings (SSSR count). The molecule has 0 radical (unpaired) electrons. The lowest BCUT2D eigenvalue weighted by Gasteiger charge is -2.25. The number of carbonyl (C=O) groups is 2. The van der Waals surface area contributed by atoms with E-state index in [0.29, 0.717) is 32.0 Å². The van der Waals surface area contributed by atoms with Crippen LogP contribution in [0.5, 0.6) is 0 Å². The van der Waals surface area contributed by atoms with Gasteiger partial charge in [-0.2, -0.15) is 0 Å². The highest BCUT2D eigenvalue weighted by Gasteiger charge is 2.34. The van der Waals surface area contributed by atoms with E-state index in [1.807, 2.05) is 30.3 Å². The van der Waals surface area contributed by atoms with Crippen LogP contribution in [-0.4, -0.2) is 48.3 Å². The van der Waals surface area contributed by atoms with Gasteiger partial charge in [-0.15, -0.1) is 0 Å². The van der Waals surface area contributed by atoms with Gasteiger partial charge < -0.3 is 9.80 Å². The molecule has 1 atom stereocenters. The Morgan fingerprint density at radius 2 is 2.04 bits per heavy atom. The molecule has 0 spiro atoms. The maximum Gasteiger partial charge on any atom is 0.228 e. The fourth-order valence-corrected chi connectivity index (χ4v) is 2.72. The zero-order chi connectivity index (χ0) is 16.8. The van der Waals surface area contributed by atoms with E-state index in [2.05, 4.69) is 25.7 Å². The summed E-state index contributed by atoms with van der Waals surface area (Å²) in [5.74, 6) is 6.40. The molecule has 1 saturated heterocycles. The Bertz CT molecular complexity index is 613. The monoisotopic (exact) mass is 312 g/mol. The van der Waals surface area contributed by atoms with Gasteiger partial charge in [-0.05, 0) is 18.1 Å². The minimum atomic E-state index is -0.232. The van der Waals surface area contributed by atoms with Crippen LogP contribution in [0.3, 0.4) is 0 Å². The number of hydrogen-bond acceptors (Lipinski definition) is 2. The number of nitrogens with zero attached hydrogens (tertiary/aromatic N) is 2. The van der Waals surface area contributed by atoms with Crippen LogP contribution in [0.1, 0.15) is 25.8 Å². The van der Waals surface area contributed by atoms with E-state index in [0.717, 1.165) is 5.56 Å². The quantitative estimate of drug-likeness (QED) is 0.798. The predicted octanol–water partition coefficient (Wildman–Crippen LogP) is 2.00. The molecule has 1 aliphatic heterocycles. The van der Waals surface area contributed by atoms with Gasteiger partial charge in [-0.3, -0.25) is 9.59 Å². The number of hydrogen-bond donors (Lipinski definition) is 0. The van der Waals surface area contributed by atoms with Crippen molar-refractivity contribution < 1.29 is 9.59 Å². The second-order valence-electron chi connectivity index (χ2n) is 6.46. The first kappa shape index (κ1) is 17.1. The molecule has 0 N–H and O–H groups in total. The molecular weight excluding hydrogens is 288 g/mol. The van der Waals surface area contributed by atoms with Crippen LogP contribution in [0.15, 0.2) is 30.3 Å². The van der Waals surface area contributed by atoms with E-state index in [1.165, 1.54) is 0 Å². The number of likely N-dealkylation sites (tertiary alicyclic amines) is 1. The molecule has 1 fully saturated rings. The normalized spacial score (nSPS) is 17.1. The van der Waals surface area contributed by atoms with Crippen LogP contribution in [0, 0.1) is 23.7 Å². The third kappa shape index (κ3) is 4.85. The van der Waals surface area contributed by atoms with Gasteiger partial charge in [0.25, 0.3) is 0 Å². The van der Waals surface area contributed by atoms with Crippen molar-refractivity contribution in [1.29, 1.82) is 0 Å². The molecule has 4 nitrogen and oxygen atoms in total. The zero-order valence-electron chi connectivity index (χ0n) is 14.1. The third-order valence-corrected chi connectivity index (χ3v) is 3.86. The van der Waals surface area contributed by atoms with Gasteiger partial charge in [0.1, 0.15) is 0 Å². The highest BCUT2D eigenvalue weighted by Crippen LogP contribution is 2.19. The predicted molar refractivity (Wildman–Crippen MR) is 90.5 cm³/mol. The molecule has 1 aromatic rings. The number of rotatable bonds is 4. The van der Waals surface area contributed by atoms with Gasteiger partial charge in [0.2, 0.25) is 11.8 Å². The lowest BCUT2D eigenvalue weighted by atomic mass is 10.1. The van der Waals surface area contributed by atoms with Crippen molar-refractivity contribution in [1.82, 2.24) is 9.80 Å². The van der Waals surface area contributed by atoms with E-state index in [1.54, 1.807) is 16.8 Å². The Labute approximate surface area is 138 Å². The summed E-state index contributed by atoms with van der Waals surface area (Å²) >= 11 is 0. The van der Waals surface area contributed by atoms with E-state index < -0.39 is 0 Å². The molecule has 1 aromatic carbocycles. The van der Waals surface area contributed by atoms with Gasteiger partial charge in [0.15, 0.2) is 0 Å². The summed E-state index contributed by atoms with van der Waals surface area (Å²) in [7, 11) is 1.75. The molecule has 23 heavy (non-hydrogen) atoms. The minimum Gasteiger partial charge on any atom is -0.345 e. The second kappa shape index (κ2) is 7.82. The Balaban J connectivity index is 2.04. The van der Waals surface area contributed by atoms with Crippen LogP contribution in [0.2, 0.25) is 0 Å². The molecule has 122 valence electrons. The van der Waals surface area contributed by atoms with E-state index in [4.69, 9.17) is 0 Å². The molecule has 2 amide bonds. The SMILES string of the molecule is CC(C)CN(CC#Cc1ccccc1)C(=O)[C@@H]1CC(=O)N(C)C1. The number of carbonyl (C=O) groups excluding carboxylic acids is 2. The Kier molecular flexibility index (Phi) is 5.81. The van der Waals surface area contributed by atoms with Gasteiger partial charge >= 0.3 is 0 Å². The molecule has 0 aliphatic carbocycles. The standard InChI is InChI=1S/C19H24N2O2/c1-15(2)13-21(11-7-10-16-8-5-4-6-9-16)19(23)17-12-18(22)20(3)14-17/h4-6,8-9,15,17H,11-14H2,1-3H3/t17-/m1/s1. The van der Waals surface area contributed by atoms with Crippen molar-refractivity contribution in [2.45, 2.75) is 20.3 Å².